The second-order valence-electron chi connectivity index (χ2n) is 7.28. The van der Waals surface area contributed by atoms with Crippen molar-refractivity contribution in [1.29, 1.82) is 0 Å². The van der Waals surface area contributed by atoms with Crippen molar-refractivity contribution in [2.24, 2.45) is 10.9 Å². The maximum Gasteiger partial charge on any atom is 0.317 e. The molecule has 0 amide bonds. The van der Waals surface area contributed by atoms with Crippen LogP contribution in [-0.4, -0.2) is 32.3 Å². The molecule has 0 spiro atoms. The van der Waals surface area contributed by atoms with Crippen molar-refractivity contribution in [3.8, 4) is 0 Å². The molecule has 2 heterocycles. The summed E-state index contributed by atoms with van der Waals surface area (Å²) in [5, 5.41) is 11.3. The van der Waals surface area contributed by atoms with Crippen molar-refractivity contribution in [2.45, 2.75) is 32.9 Å². The van der Waals surface area contributed by atoms with Gasteiger partial charge in [0, 0.05) is 17.8 Å². The molecule has 0 aliphatic carbocycles. The third-order valence-electron chi connectivity index (χ3n) is 4.93. The van der Waals surface area contributed by atoms with Crippen LogP contribution in [0, 0.1) is 16.0 Å². The first-order chi connectivity index (χ1) is 13.9. The lowest BCUT2D eigenvalue weighted by Crippen LogP contribution is -2.37. The van der Waals surface area contributed by atoms with Crippen LogP contribution in [0.15, 0.2) is 53.5 Å². The summed E-state index contributed by atoms with van der Waals surface area (Å²) < 4.78 is 7.37. The van der Waals surface area contributed by atoms with Crippen molar-refractivity contribution in [1.82, 2.24) is 9.55 Å². The molecule has 148 valence electrons. The van der Waals surface area contributed by atoms with Crippen molar-refractivity contribution in [2.75, 3.05) is 0 Å². The molecule has 8 nitrogen and oxygen atoms in total. The number of esters is 1. The van der Waals surface area contributed by atoms with E-state index in [9.17, 15) is 14.9 Å². The van der Waals surface area contributed by atoms with Crippen LogP contribution in [0.1, 0.15) is 32.4 Å². The van der Waals surface area contributed by atoms with Crippen LogP contribution in [0.4, 0.5) is 11.6 Å². The highest BCUT2D eigenvalue weighted by Crippen LogP contribution is 2.40. The van der Waals surface area contributed by atoms with Gasteiger partial charge in [-0.3, -0.25) is 19.5 Å². The highest BCUT2D eigenvalue weighted by Gasteiger charge is 2.40. The molecule has 2 unspecified atom stereocenters. The molecule has 29 heavy (non-hydrogen) atoms. The van der Waals surface area contributed by atoms with Crippen molar-refractivity contribution >= 4 is 34.4 Å². The molecule has 0 N–H and O–H groups in total. The lowest BCUT2D eigenvalue weighted by molar-refractivity contribution is -0.384. The van der Waals surface area contributed by atoms with Crippen LogP contribution in [0.2, 0.25) is 0 Å². The van der Waals surface area contributed by atoms with E-state index in [1.807, 2.05) is 28.8 Å². The molecule has 3 aromatic rings. The number of nitro benzene ring substituents is 1. The van der Waals surface area contributed by atoms with Crippen LogP contribution in [0.25, 0.3) is 11.0 Å². The molecule has 0 fully saturated rings. The SMILES string of the molecule is CC1=Nc2nc3ccccc3n2C(c2cccc([N+](=O)[O-])c2)C1C(=O)OC(C)C. The molecule has 1 aliphatic heterocycles. The predicted octanol–water partition coefficient (Wildman–Crippen LogP) is 4.21. The lowest BCUT2D eigenvalue weighted by atomic mass is 9.87. The number of fused-ring (bicyclic) bond motifs is 3. The summed E-state index contributed by atoms with van der Waals surface area (Å²) in [5.74, 6) is -0.667. The number of non-ortho nitro benzene ring substituents is 1. The van der Waals surface area contributed by atoms with Crippen LogP contribution < -0.4 is 0 Å². The minimum Gasteiger partial charge on any atom is -0.462 e. The van der Waals surface area contributed by atoms with Crippen molar-refractivity contribution in [3.05, 3.63) is 64.2 Å². The Morgan fingerprint density at radius 2 is 1.97 bits per heavy atom. The number of carbonyl (C=O) groups excluding carboxylic acids is 1. The molecule has 2 aromatic carbocycles. The number of hydrogen-bond acceptors (Lipinski definition) is 6. The third-order valence-corrected chi connectivity index (χ3v) is 4.93. The number of hydrogen-bond donors (Lipinski definition) is 0. The molecule has 0 saturated heterocycles. The van der Waals surface area contributed by atoms with Gasteiger partial charge in [-0.25, -0.2) is 9.98 Å². The number of imidazole rings is 1. The summed E-state index contributed by atoms with van der Waals surface area (Å²) >= 11 is 0. The van der Waals surface area contributed by atoms with Crippen LogP contribution in [0.3, 0.4) is 0 Å². The van der Waals surface area contributed by atoms with Gasteiger partial charge in [-0.15, -0.1) is 0 Å². The normalized spacial score (nSPS) is 18.4. The zero-order valence-electron chi connectivity index (χ0n) is 16.3. The van der Waals surface area contributed by atoms with Gasteiger partial charge in [-0.05, 0) is 38.5 Å². The molecule has 0 radical (unpaired) electrons. The Kier molecular flexibility index (Phi) is 4.62. The maximum atomic E-state index is 13.0. The summed E-state index contributed by atoms with van der Waals surface area (Å²) in [6.45, 7) is 5.33. The molecule has 0 saturated carbocycles. The van der Waals surface area contributed by atoms with Gasteiger partial charge in [-0.2, -0.15) is 0 Å². The van der Waals surface area contributed by atoms with E-state index in [1.165, 1.54) is 12.1 Å². The minimum atomic E-state index is -0.718. The average molecular weight is 392 g/mol. The molecule has 8 heteroatoms. The number of nitrogens with zero attached hydrogens (tertiary/aromatic N) is 4. The van der Waals surface area contributed by atoms with Gasteiger partial charge in [0.1, 0.15) is 5.92 Å². The number of rotatable bonds is 4. The molecule has 0 bridgehead atoms. The highest BCUT2D eigenvalue weighted by molar-refractivity contribution is 6.04. The number of nitro groups is 1. The summed E-state index contributed by atoms with van der Waals surface area (Å²) in [5.41, 5.74) is 2.70. The summed E-state index contributed by atoms with van der Waals surface area (Å²) in [6.07, 6.45) is -0.290. The number of carbonyl (C=O) groups is 1. The van der Waals surface area contributed by atoms with E-state index in [4.69, 9.17) is 4.74 Å². The second-order valence-corrected chi connectivity index (χ2v) is 7.28. The number of aliphatic imine (C=N–C) groups is 1. The van der Waals surface area contributed by atoms with Crippen molar-refractivity contribution in [3.63, 3.8) is 0 Å². The molecular weight excluding hydrogens is 372 g/mol. The van der Waals surface area contributed by atoms with Gasteiger partial charge in [0.25, 0.3) is 5.69 Å². The molecular formula is C21H20N4O4. The molecule has 1 aromatic heterocycles. The Balaban J connectivity index is 1.96. The number of benzene rings is 2. The van der Waals surface area contributed by atoms with Gasteiger partial charge in [-0.1, -0.05) is 24.3 Å². The Labute approximate surface area is 167 Å². The molecule has 2 atom stereocenters. The molecule has 4 rings (SSSR count). The fourth-order valence-corrected chi connectivity index (χ4v) is 3.76. The van der Waals surface area contributed by atoms with E-state index in [-0.39, 0.29) is 11.8 Å². The molecule has 1 aliphatic rings. The smallest absolute Gasteiger partial charge is 0.317 e. The van der Waals surface area contributed by atoms with Crippen LogP contribution in [-0.2, 0) is 9.53 Å². The Hall–Kier alpha value is -3.55. The van der Waals surface area contributed by atoms with Gasteiger partial charge in [0.05, 0.1) is 28.1 Å². The van der Waals surface area contributed by atoms with Crippen molar-refractivity contribution < 1.29 is 14.5 Å². The number of aromatic nitrogens is 2. The van der Waals surface area contributed by atoms with E-state index >= 15 is 0 Å². The van der Waals surface area contributed by atoms with Crippen LogP contribution >= 0.6 is 0 Å². The number of ether oxygens (including phenoxy) is 1. The van der Waals surface area contributed by atoms with E-state index in [2.05, 4.69) is 9.98 Å². The Morgan fingerprint density at radius 3 is 2.69 bits per heavy atom. The Morgan fingerprint density at radius 1 is 1.21 bits per heavy atom. The summed E-state index contributed by atoms with van der Waals surface area (Å²) in [7, 11) is 0. The highest BCUT2D eigenvalue weighted by atomic mass is 16.6. The van der Waals surface area contributed by atoms with E-state index < -0.39 is 22.9 Å². The van der Waals surface area contributed by atoms with Gasteiger partial charge in [0.2, 0.25) is 5.95 Å². The first kappa shape index (κ1) is 18.8. The maximum absolute atomic E-state index is 13.0. The first-order valence-corrected chi connectivity index (χ1v) is 9.34. The zero-order chi connectivity index (χ0) is 20.7. The monoisotopic (exact) mass is 392 g/mol. The summed E-state index contributed by atoms with van der Waals surface area (Å²) in [6, 6.07) is 13.3. The van der Waals surface area contributed by atoms with Gasteiger partial charge < -0.3 is 4.74 Å². The first-order valence-electron chi connectivity index (χ1n) is 9.34. The standard InChI is InChI=1S/C21H20N4O4/c1-12(2)29-20(26)18-13(3)22-21-23-16-9-4-5-10-17(16)24(21)19(18)14-7-6-8-15(11-14)25(27)28/h4-12,18-19H,1-3H3. The largest absolute Gasteiger partial charge is 0.462 e. The third kappa shape index (κ3) is 3.26. The minimum absolute atomic E-state index is 0.0374. The topological polar surface area (TPSA) is 99.6 Å². The van der Waals surface area contributed by atoms with Crippen LogP contribution in [0.5, 0.6) is 0 Å². The quantitative estimate of drug-likeness (QED) is 0.376. The Bertz CT molecular complexity index is 1150. The van der Waals surface area contributed by atoms with Gasteiger partial charge >= 0.3 is 5.97 Å². The average Bonchev–Trinajstić information content (AvgIpc) is 3.04. The predicted molar refractivity (Wildman–Crippen MR) is 108 cm³/mol. The second kappa shape index (κ2) is 7.12. The number of para-hydroxylation sites is 2. The zero-order valence-corrected chi connectivity index (χ0v) is 16.3. The lowest BCUT2D eigenvalue weighted by Gasteiger charge is -2.32. The van der Waals surface area contributed by atoms with E-state index in [0.29, 0.717) is 17.2 Å². The fourth-order valence-electron chi connectivity index (χ4n) is 3.76. The van der Waals surface area contributed by atoms with E-state index in [0.717, 1.165) is 11.0 Å². The summed E-state index contributed by atoms with van der Waals surface area (Å²) in [4.78, 5) is 33.1. The fraction of sp³-hybridized carbons (Fsp3) is 0.286. The van der Waals surface area contributed by atoms with Gasteiger partial charge in [0.15, 0.2) is 0 Å². The van der Waals surface area contributed by atoms with E-state index in [1.54, 1.807) is 32.9 Å².